The van der Waals surface area contributed by atoms with Crippen LogP contribution in [0.5, 0.6) is 0 Å². The molecule has 1 aromatic heterocycles. The zero-order valence-electron chi connectivity index (χ0n) is 11.1. The van der Waals surface area contributed by atoms with Crippen molar-refractivity contribution in [2.75, 3.05) is 13.1 Å². The van der Waals surface area contributed by atoms with Crippen LogP contribution >= 0.6 is 11.3 Å². The third kappa shape index (κ3) is 2.51. The van der Waals surface area contributed by atoms with Crippen molar-refractivity contribution in [3.05, 3.63) is 35.2 Å². The molecule has 3 rings (SSSR count). The molecule has 19 heavy (non-hydrogen) atoms. The maximum absolute atomic E-state index is 12.5. The number of morpholine rings is 1. The van der Waals surface area contributed by atoms with E-state index in [0.717, 1.165) is 10.3 Å². The summed E-state index contributed by atoms with van der Waals surface area (Å²) in [7, 11) is 0. The van der Waals surface area contributed by atoms with Gasteiger partial charge in [-0.05, 0) is 31.4 Å². The van der Waals surface area contributed by atoms with Gasteiger partial charge in [0.1, 0.15) is 0 Å². The molecule has 1 aliphatic heterocycles. The Hall–Kier alpha value is -1.39. The molecule has 2 atom stereocenters. The summed E-state index contributed by atoms with van der Waals surface area (Å²) in [5, 5.41) is 1.14. The summed E-state index contributed by atoms with van der Waals surface area (Å²) in [6, 6.07) is 10.1. The lowest BCUT2D eigenvalue weighted by molar-refractivity contribution is -0.0585. The number of hydrogen-bond donors (Lipinski definition) is 0. The average Bonchev–Trinajstić information content (AvgIpc) is 2.80. The molecule has 0 bridgehead atoms. The topological polar surface area (TPSA) is 29.5 Å². The Morgan fingerprint density at radius 1 is 1.26 bits per heavy atom. The highest BCUT2D eigenvalue weighted by molar-refractivity contribution is 7.20. The fraction of sp³-hybridized carbons (Fsp3) is 0.400. The van der Waals surface area contributed by atoms with Crippen LogP contribution in [-0.2, 0) is 4.74 Å². The van der Waals surface area contributed by atoms with Crippen LogP contribution in [0.2, 0.25) is 0 Å². The second-order valence-electron chi connectivity index (χ2n) is 5.12. The Kier molecular flexibility index (Phi) is 3.29. The van der Waals surface area contributed by atoms with Gasteiger partial charge in [-0.15, -0.1) is 11.3 Å². The van der Waals surface area contributed by atoms with Gasteiger partial charge in [-0.2, -0.15) is 0 Å². The van der Waals surface area contributed by atoms with Crippen LogP contribution in [0.15, 0.2) is 30.3 Å². The van der Waals surface area contributed by atoms with Crippen molar-refractivity contribution in [3.8, 4) is 0 Å². The van der Waals surface area contributed by atoms with Gasteiger partial charge in [-0.25, -0.2) is 0 Å². The Labute approximate surface area is 116 Å². The highest BCUT2D eigenvalue weighted by Gasteiger charge is 2.27. The number of rotatable bonds is 1. The summed E-state index contributed by atoms with van der Waals surface area (Å²) < 4.78 is 6.84. The predicted molar refractivity (Wildman–Crippen MR) is 77.7 cm³/mol. The molecule has 0 spiro atoms. The summed E-state index contributed by atoms with van der Waals surface area (Å²) in [5.41, 5.74) is 0. The quantitative estimate of drug-likeness (QED) is 0.800. The van der Waals surface area contributed by atoms with Crippen molar-refractivity contribution in [2.45, 2.75) is 26.1 Å². The van der Waals surface area contributed by atoms with Crippen molar-refractivity contribution in [1.82, 2.24) is 4.90 Å². The number of benzene rings is 1. The SMILES string of the molecule is C[C@@H]1CN(C(=O)c2cc3ccccc3s2)C[C@@H](C)O1. The normalized spacial score (nSPS) is 23.8. The van der Waals surface area contributed by atoms with Crippen LogP contribution in [0.25, 0.3) is 10.1 Å². The molecular formula is C15H17NO2S. The van der Waals surface area contributed by atoms with Gasteiger partial charge in [-0.3, -0.25) is 4.79 Å². The van der Waals surface area contributed by atoms with Crippen LogP contribution in [0, 0.1) is 0 Å². The molecule has 4 heteroatoms. The molecule has 1 aromatic carbocycles. The van der Waals surface area contributed by atoms with E-state index in [-0.39, 0.29) is 18.1 Å². The van der Waals surface area contributed by atoms with Gasteiger partial charge < -0.3 is 9.64 Å². The number of carbonyl (C=O) groups excluding carboxylic acids is 1. The molecule has 1 aliphatic rings. The van der Waals surface area contributed by atoms with Crippen molar-refractivity contribution < 1.29 is 9.53 Å². The zero-order valence-corrected chi connectivity index (χ0v) is 11.9. The number of ether oxygens (including phenoxy) is 1. The van der Waals surface area contributed by atoms with Crippen molar-refractivity contribution in [1.29, 1.82) is 0 Å². The van der Waals surface area contributed by atoms with Crippen LogP contribution in [0.3, 0.4) is 0 Å². The van der Waals surface area contributed by atoms with E-state index in [1.165, 1.54) is 4.70 Å². The Bertz CT molecular complexity index is 564. The Morgan fingerprint density at radius 3 is 2.63 bits per heavy atom. The van der Waals surface area contributed by atoms with Crippen LogP contribution in [0.1, 0.15) is 23.5 Å². The lowest BCUT2D eigenvalue weighted by Crippen LogP contribution is -2.48. The molecule has 1 fully saturated rings. The monoisotopic (exact) mass is 275 g/mol. The molecule has 0 radical (unpaired) electrons. The molecule has 0 N–H and O–H groups in total. The molecule has 0 aliphatic carbocycles. The number of carbonyl (C=O) groups is 1. The molecule has 1 amide bonds. The highest BCUT2D eigenvalue weighted by Crippen LogP contribution is 2.27. The van der Waals surface area contributed by atoms with E-state index in [9.17, 15) is 4.79 Å². The lowest BCUT2D eigenvalue weighted by atomic mass is 10.2. The third-order valence-corrected chi connectivity index (χ3v) is 4.45. The van der Waals surface area contributed by atoms with E-state index < -0.39 is 0 Å². The number of amides is 1. The minimum Gasteiger partial charge on any atom is -0.372 e. The predicted octanol–water partition coefficient (Wildman–Crippen LogP) is 3.15. The van der Waals surface area contributed by atoms with Crippen LogP contribution < -0.4 is 0 Å². The molecule has 2 heterocycles. The molecule has 3 nitrogen and oxygen atoms in total. The molecule has 1 saturated heterocycles. The summed E-state index contributed by atoms with van der Waals surface area (Å²) in [6.45, 7) is 5.39. The van der Waals surface area contributed by atoms with Gasteiger partial charge in [0.05, 0.1) is 17.1 Å². The molecular weight excluding hydrogens is 258 g/mol. The summed E-state index contributed by atoms with van der Waals surface area (Å²) in [4.78, 5) is 15.3. The lowest BCUT2D eigenvalue weighted by Gasteiger charge is -2.35. The minimum atomic E-state index is 0.113. The number of fused-ring (bicyclic) bond motifs is 1. The molecule has 0 unspecified atom stereocenters. The van der Waals surface area contributed by atoms with E-state index in [0.29, 0.717) is 13.1 Å². The van der Waals surface area contributed by atoms with Gasteiger partial charge in [0.2, 0.25) is 0 Å². The second-order valence-corrected chi connectivity index (χ2v) is 6.20. The van der Waals surface area contributed by atoms with Crippen molar-refractivity contribution >= 4 is 27.3 Å². The summed E-state index contributed by atoms with van der Waals surface area (Å²) in [5.74, 6) is 0.128. The second kappa shape index (κ2) is 4.94. The van der Waals surface area contributed by atoms with E-state index in [4.69, 9.17) is 4.74 Å². The molecule has 100 valence electrons. The smallest absolute Gasteiger partial charge is 0.264 e. The van der Waals surface area contributed by atoms with Gasteiger partial charge in [0.25, 0.3) is 5.91 Å². The zero-order chi connectivity index (χ0) is 13.4. The number of thiophene rings is 1. The molecule has 0 saturated carbocycles. The minimum absolute atomic E-state index is 0.113. The van der Waals surface area contributed by atoms with Crippen molar-refractivity contribution in [3.63, 3.8) is 0 Å². The van der Waals surface area contributed by atoms with Gasteiger partial charge in [-0.1, -0.05) is 18.2 Å². The van der Waals surface area contributed by atoms with Crippen LogP contribution in [0.4, 0.5) is 0 Å². The van der Waals surface area contributed by atoms with Gasteiger partial charge >= 0.3 is 0 Å². The average molecular weight is 275 g/mol. The van der Waals surface area contributed by atoms with E-state index >= 15 is 0 Å². The fourth-order valence-electron chi connectivity index (χ4n) is 2.59. The maximum atomic E-state index is 12.5. The number of nitrogens with zero attached hydrogens (tertiary/aromatic N) is 1. The number of hydrogen-bond acceptors (Lipinski definition) is 3. The third-order valence-electron chi connectivity index (χ3n) is 3.34. The largest absolute Gasteiger partial charge is 0.372 e. The fourth-order valence-corrected chi connectivity index (χ4v) is 3.62. The molecule has 2 aromatic rings. The van der Waals surface area contributed by atoms with Crippen LogP contribution in [-0.4, -0.2) is 36.1 Å². The first-order valence-electron chi connectivity index (χ1n) is 6.57. The van der Waals surface area contributed by atoms with Gasteiger partial charge in [0, 0.05) is 17.8 Å². The Morgan fingerprint density at radius 2 is 1.95 bits per heavy atom. The van der Waals surface area contributed by atoms with Crippen molar-refractivity contribution in [2.24, 2.45) is 0 Å². The standard InChI is InChI=1S/C15H17NO2S/c1-10-8-16(9-11(2)18-10)15(17)14-7-12-5-3-4-6-13(12)19-14/h3-7,10-11H,8-9H2,1-2H3/t10-,11-/m1/s1. The first kappa shape index (κ1) is 12.6. The summed E-state index contributed by atoms with van der Waals surface area (Å²) >= 11 is 1.57. The first-order chi connectivity index (χ1) is 9.13. The Balaban J connectivity index is 1.86. The first-order valence-corrected chi connectivity index (χ1v) is 7.38. The van der Waals surface area contributed by atoms with E-state index in [1.54, 1.807) is 11.3 Å². The maximum Gasteiger partial charge on any atom is 0.264 e. The summed E-state index contributed by atoms with van der Waals surface area (Å²) in [6.07, 6.45) is 0.226. The van der Waals surface area contributed by atoms with E-state index in [1.807, 2.05) is 43.0 Å². The van der Waals surface area contributed by atoms with Gasteiger partial charge in [0.15, 0.2) is 0 Å². The van der Waals surface area contributed by atoms with E-state index in [2.05, 4.69) is 6.07 Å². The highest BCUT2D eigenvalue weighted by atomic mass is 32.1.